The van der Waals surface area contributed by atoms with E-state index in [1.165, 1.54) is 77.0 Å². The summed E-state index contributed by atoms with van der Waals surface area (Å²) in [5.74, 6) is 0.842. The van der Waals surface area contributed by atoms with Gasteiger partial charge in [0.2, 0.25) is 0 Å². The molecule has 0 saturated carbocycles. The molecule has 0 amide bonds. The summed E-state index contributed by atoms with van der Waals surface area (Å²) in [7, 11) is 0. The zero-order chi connectivity index (χ0) is 12.8. The lowest BCUT2D eigenvalue weighted by atomic mass is 9.99. The van der Waals surface area contributed by atoms with Crippen LogP contribution in [0.4, 0.5) is 0 Å². The van der Waals surface area contributed by atoms with Gasteiger partial charge in [0.25, 0.3) is 0 Å². The maximum Gasteiger partial charge on any atom is -0.00747 e. The maximum absolute atomic E-state index is 5.55. The van der Waals surface area contributed by atoms with Gasteiger partial charge < -0.3 is 5.73 Å². The molecule has 0 aliphatic rings. The predicted octanol–water partition coefficient (Wildman–Crippen LogP) is 5.28. The fourth-order valence-electron chi connectivity index (χ4n) is 2.41. The third-order valence-corrected chi connectivity index (χ3v) is 3.71. The zero-order valence-electron chi connectivity index (χ0n) is 12.3. The molecule has 1 atom stereocenters. The lowest BCUT2D eigenvalue weighted by Gasteiger charge is -2.09. The highest BCUT2D eigenvalue weighted by molar-refractivity contribution is 4.54. The number of hydrogen-bond donors (Lipinski definition) is 1. The van der Waals surface area contributed by atoms with E-state index >= 15 is 0 Å². The first kappa shape index (κ1) is 17.0. The minimum absolute atomic E-state index is 0.842. The quantitative estimate of drug-likeness (QED) is 0.436. The van der Waals surface area contributed by atoms with Gasteiger partial charge in [-0.2, -0.15) is 0 Å². The molecule has 1 nitrogen and oxygen atoms in total. The van der Waals surface area contributed by atoms with Crippen molar-refractivity contribution in [1.29, 1.82) is 0 Å². The van der Waals surface area contributed by atoms with E-state index < -0.39 is 0 Å². The number of rotatable bonds is 13. The molecule has 0 aromatic carbocycles. The molecule has 0 bridgehead atoms. The van der Waals surface area contributed by atoms with Crippen LogP contribution >= 0.6 is 0 Å². The van der Waals surface area contributed by atoms with Crippen molar-refractivity contribution in [2.24, 2.45) is 11.7 Å². The molecule has 0 radical (unpaired) electrons. The van der Waals surface area contributed by atoms with E-state index in [2.05, 4.69) is 13.8 Å². The number of unbranched alkanes of at least 4 members (excludes halogenated alkanes) is 9. The lowest BCUT2D eigenvalue weighted by molar-refractivity contribution is 0.459. The first-order chi connectivity index (χ1) is 8.31. The number of nitrogens with two attached hydrogens (primary N) is 1. The summed E-state index contributed by atoms with van der Waals surface area (Å²) in [4.78, 5) is 0. The van der Waals surface area contributed by atoms with Gasteiger partial charge in [0.15, 0.2) is 0 Å². The van der Waals surface area contributed by atoms with Crippen LogP contribution in [-0.2, 0) is 0 Å². The fraction of sp³-hybridized carbons (Fsp3) is 1.00. The van der Waals surface area contributed by atoms with Crippen LogP contribution in [-0.4, -0.2) is 6.54 Å². The van der Waals surface area contributed by atoms with Crippen LogP contribution in [0.3, 0.4) is 0 Å². The van der Waals surface area contributed by atoms with Crippen LogP contribution in [0.15, 0.2) is 0 Å². The van der Waals surface area contributed by atoms with Gasteiger partial charge >= 0.3 is 0 Å². The Hall–Kier alpha value is -0.0400. The van der Waals surface area contributed by atoms with Gasteiger partial charge in [0.05, 0.1) is 0 Å². The van der Waals surface area contributed by atoms with Crippen molar-refractivity contribution in [3.63, 3.8) is 0 Å². The summed E-state index contributed by atoms with van der Waals surface area (Å²) in [6, 6.07) is 0. The van der Waals surface area contributed by atoms with Crippen LogP contribution in [0.2, 0.25) is 0 Å². The van der Waals surface area contributed by atoms with E-state index in [0.717, 1.165) is 12.5 Å². The van der Waals surface area contributed by atoms with Gasteiger partial charge in [-0.3, -0.25) is 0 Å². The Labute approximate surface area is 110 Å². The second-order valence-electron chi connectivity index (χ2n) is 5.65. The standard InChI is InChI=1S/C16H35N/c1-3-4-5-6-7-8-9-10-11-12-13-16(2)14-15-17/h16H,3-15,17H2,1-2H3. The average molecular weight is 241 g/mol. The lowest BCUT2D eigenvalue weighted by Crippen LogP contribution is -2.05. The van der Waals surface area contributed by atoms with Gasteiger partial charge in [-0.25, -0.2) is 0 Å². The summed E-state index contributed by atoms with van der Waals surface area (Å²) in [6.07, 6.45) is 17.0. The van der Waals surface area contributed by atoms with Gasteiger partial charge in [-0.1, -0.05) is 84.5 Å². The van der Waals surface area contributed by atoms with Crippen LogP contribution in [0.5, 0.6) is 0 Å². The first-order valence-electron chi connectivity index (χ1n) is 8.01. The molecule has 0 spiro atoms. The maximum atomic E-state index is 5.55. The van der Waals surface area contributed by atoms with Crippen LogP contribution in [0.25, 0.3) is 0 Å². The minimum Gasteiger partial charge on any atom is -0.330 e. The van der Waals surface area contributed by atoms with Crippen molar-refractivity contribution >= 4 is 0 Å². The molecule has 0 aliphatic carbocycles. The summed E-state index contributed by atoms with van der Waals surface area (Å²) < 4.78 is 0. The van der Waals surface area contributed by atoms with Crippen molar-refractivity contribution in [2.75, 3.05) is 6.54 Å². The summed E-state index contributed by atoms with van der Waals surface area (Å²) >= 11 is 0. The molecule has 0 aliphatic heterocycles. The van der Waals surface area contributed by atoms with Crippen molar-refractivity contribution in [1.82, 2.24) is 0 Å². The van der Waals surface area contributed by atoms with E-state index in [9.17, 15) is 0 Å². The third-order valence-electron chi connectivity index (χ3n) is 3.71. The molecular formula is C16H35N. The molecular weight excluding hydrogens is 206 g/mol. The Morgan fingerprint density at radius 3 is 1.65 bits per heavy atom. The molecule has 104 valence electrons. The second kappa shape index (κ2) is 14.0. The second-order valence-corrected chi connectivity index (χ2v) is 5.65. The zero-order valence-corrected chi connectivity index (χ0v) is 12.3. The minimum atomic E-state index is 0.842. The molecule has 17 heavy (non-hydrogen) atoms. The van der Waals surface area contributed by atoms with E-state index in [1.807, 2.05) is 0 Å². The van der Waals surface area contributed by atoms with Gasteiger partial charge in [-0.15, -0.1) is 0 Å². The monoisotopic (exact) mass is 241 g/mol. The Morgan fingerprint density at radius 2 is 1.18 bits per heavy atom. The molecule has 0 rings (SSSR count). The highest BCUT2D eigenvalue weighted by Crippen LogP contribution is 2.15. The molecule has 0 aromatic rings. The van der Waals surface area contributed by atoms with Crippen molar-refractivity contribution in [3.8, 4) is 0 Å². The molecule has 0 aromatic heterocycles. The average Bonchev–Trinajstić information content (AvgIpc) is 2.32. The Bertz CT molecular complexity index is 133. The molecule has 0 heterocycles. The smallest absolute Gasteiger partial charge is 0.00747 e. The molecule has 0 fully saturated rings. The summed E-state index contributed by atoms with van der Waals surface area (Å²) in [6.45, 7) is 5.48. The largest absolute Gasteiger partial charge is 0.330 e. The normalized spacial score (nSPS) is 12.9. The fourth-order valence-corrected chi connectivity index (χ4v) is 2.41. The molecule has 0 saturated heterocycles. The van der Waals surface area contributed by atoms with Crippen LogP contribution in [0, 0.1) is 5.92 Å². The molecule has 2 N–H and O–H groups in total. The van der Waals surface area contributed by atoms with Gasteiger partial charge in [0.1, 0.15) is 0 Å². The Kier molecular flexibility index (Phi) is 14.0. The highest BCUT2D eigenvalue weighted by atomic mass is 14.5. The molecule has 1 heteroatoms. The third kappa shape index (κ3) is 13.9. The van der Waals surface area contributed by atoms with Crippen molar-refractivity contribution in [3.05, 3.63) is 0 Å². The Morgan fingerprint density at radius 1 is 0.706 bits per heavy atom. The van der Waals surface area contributed by atoms with Crippen molar-refractivity contribution in [2.45, 2.75) is 90.9 Å². The predicted molar refractivity (Wildman–Crippen MR) is 79.3 cm³/mol. The van der Waals surface area contributed by atoms with E-state index in [1.54, 1.807) is 0 Å². The summed E-state index contributed by atoms with van der Waals surface area (Å²) in [5, 5.41) is 0. The molecule has 1 unspecified atom stereocenters. The van der Waals surface area contributed by atoms with Gasteiger partial charge in [-0.05, 0) is 18.9 Å². The Balaban J connectivity index is 2.98. The van der Waals surface area contributed by atoms with E-state index in [4.69, 9.17) is 5.73 Å². The highest BCUT2D eigenvalue weighted by Gasteiger charge is 2.00. The van der Waals surface area contributed by atoms with E-state index in [-0.39, 0.29) is 0 Å². The van der Waals surface area contributed by atoms with Crippen LogP contribution < -0.4 is 5.73 Å². The van der Waals surface area contributed by atoms with Gasteiger partial charge in [0, 0.05) is 0 Å². The number of hydrogen-bond acceptors (Lipinski definition) is 1. The summed E-state index contributed by atoms with van der Waals surface area (Å²) in [5.41, 5.74) is 5.55. The van der Waals surface area contributed by atoms with Crippen molar-refractivity contribution < 1.29 is 0 Å². The SMILES string of the molecule is CCCCCCCCCCCCC(C)CCN. The van der Waals surface area contributed by atoms with Crippen LogP contribution in [0.1, 0.15) is 90.9 Å². The first-order valence-corrected chi connectivity index (χ1v) is 8.01. The van der Waals surface area contributed by atoms with E-state index in [0.29, 0.717) is 0 Å². The topological polar surface area (TPSA) is 26.0 Å².